The molecule has 4 aromatic rings. The van der Waals surface area contributed by atoms with Crippen LogP contribution in [0.4, 0.5) is 22.9 Å². The summed E-state index contributed by atoms with van der Waals surface area (Å²) in [5.74, 6) is 1.63. The quantitative estimate of drug-likeness (QED) is 0.204. The van der Waals surface area contributed by atoms with Gasteiger partial charge >= 0.3 is 0 Å². The average Bonchev–Trinajstić information content (AvgIpc) is 2.97. The number of hydrogen-bond donors (Lipinski definition) is 3. The summed E-state index contributed by atoms with van der Waals surface area (Å²) in [5, 5.41) is 6.96. The topological polar surface area (TPSA) is 124 Å². The maximum Gasteiger partial charge on any atom is 0.255 e. The molecule has 1 fully saturated rings. The minimum absolute atomic E-state index is 0.241. The van der Waals surface area contributed by atoms with E-state index in [2.05, 4.69) is 25.5 Å². The zero-order valence-corrected chi connectivity index (χ0v) is 21.9. The van der Waals surface area contributed by atoms with Crippen LogP contribution in [0.3, 0.4) is 0 Å². The monoisotopic (exact) mass is 528 g/mol. The van der Waals surface area contributed by atoms with Gasteiger partial charge in [0.15, 0.2) is 11.5 Å². The summed E-state index contributed by atoms with van der Waals surface area (Å²) in [6.45, 7) is 5.01. The van der Waals surface area contributed by atoms with Gasteiger partial charge in [0.2, 0.25) is 0 Å². The molecule has 1 aliphatic heterocycles. The summed E-state index contributed by atoms with van der Waals surface area (Å²) in [6, 6.07) is 18.0. The fraction of sp³-hybridized carbons (Fsp3) is 0.276. The van der Waals surface area contributed by atoms with E-state index in [0.29, 0.717) is 40.9 Å². The average molecular weight is 529 g/mol. The largest absolute Gasteiger partial charge is 0.493 e. The second kappa shape index (κ2) is 12.4. The number of para-hydroxylation sites is 2. The molecule has 3 aromatic carbocycles. The molecule has 0 aliphatic carbocycles. The molecule has 0 atom stereocenters. The van der Waals surface area contributed by atoms with Gasteiger partial charge in [-0.3, -0.25) is 9.69 Å². The molecule has 0 radical (unpaired) electrons. The Hall–Kier alpha value is -4.41. The van der Waals surface area contributed by atoms with E-state index in [4.69, 9.17) is 19.9 Å². The van der Waals surface area contributed by atoms with Gasteiger partial charge in [0.25, 0.3) is 5.91 Å². The highest BCUT2D eigenvalue weighted by molar-refractivity contribution is 6.06. The zero-order valence-electron chi connectivity index (χ0n) is 21.9. The van der Waals surface area contributed by atoms with Crippen molar-refractivity contribution in [1.29, 1.82) is 0 Å². The molecule has 0 unspecified atom stereocenters. The number of amides is 1. The first-order chi connectivity index (χ1) is 19.1. The molecule has 1 aliphatic rings. The van der Waals surface area contributed by atoms with Gasteiger partial charge in [0.1, 0.15) is 12.1 Å². The molecule has 0 saturated carbocycles. The van der Waals surface area contributed by atoms with Crippen molar-refractivity contribution in [2.24, 2.45) is 0 Å². The van der Waals surface area contributed by atoms with Crippen LogP contribution < -0.4 is 25.8 Å². The summed E-state index contributed by atoms with van der Waals surface area (Å²) >= 11 is 0. The van der Waals surface area contributed by atoms with Gasteiger partial charge < -0.3 is 30.6 Å². The van der Waals surface area contributed by atoms with Crippen LogP contribution in [0.5, 0.6) is 11.5 Å². The number of nitrogens with zero attached hydrogens (tertiary/aromatic N) is 3. The maximum atomic E-state index is 12.7. The second-order valence-electron chi connectivity index (χ2n) is 9.14. The summed E-state index contributed by atoms with van der Waals surface area (Å²) in [7, 11) is 1.62. The van der Waals surface area contributed by atoms with Crippen molar-refractivity contribution in [3.05, 3.63) is 72.6 Å². The van der Waals surface area contributed by atoms with Gasteiger partial charge in [0.05, 0.1) is 43.8 Å². The third kappa shape index (κ3) is 6.54. The van der Waals surface area contributed by atoms with Crippen molar-refractivity contribution in [3.63, 3.8) is 0 Å². The van der Waals surface area contributed by atoms with E-state index in [1.54, 1.807) is 31.4 Å². The number of nitrogens with two attached hydrogens (primary N) is 1. The van der Waals surface area contributed by atoms with E-state index in [9.17, 15) is 4.79 Å². The van der Waals surface area contributed by atoms with Crippen molar-refractivity contribution in [3.8, 4) is 11.5 Å². The van der Waals surface area contributed by atoms with Crippen LogP contribution in [-0.4, -0.2) is 67.3 Å². The van der Waals surface area contributed by atoms with Crippen LogP contribution >= 0.6 is 0 Å². The Kier molecular flexibility index (Phi) is 8.35. The van der Waals surface area contributed by atoms with E-state index in [1.165, 1.54) is 6.33 Å². The first-order valence-corrected chi connectivity index (χ1v) is 12.9. The van der Waals surface area contributed by atoms with Gasteiger partial charge in [-0.25, -0.2) is 9.97 Å². The Morgan fingerprint density at radius 3 is 2.62 bits per heavy atom. The predicted octanol–water partition coefficient (Wildman–Crippen LogP) is 4.32. The highest BCUT2D eigenvalue weighted by atomic mass is 16.5. The molecule has 1 saturated heterocycles. The van der Waals surface area contributed by atoms with Crippen molar-refractivity contribution in [1.82, 2.24) is 14.9 Å². The Balaban J connectivity index is 1.27. The molecule has 2 heterocycles. The van der Waals surface area contributed by atoms with Crippen molar-refractivity contribution in [2.75, 3.05) is 62.9 Å². The van der Waals surface area contributed by atoms with Crippen molar-refractivity contribution >= 4 is 39.7 Å². The molecule has 1 amide bonds. The summed E-state index contributed by atoms with van der Waals surface area (Å²) in [5.41, 5.74) is 9.03. The Labute approximate surface area is 227 Å². The van der Waals surface area contributed by atoms with Gasteiger partial charge in [-0.15, -0.1) is 0 Å². The summed E-state index contributed by atoms with van der Waals surface area (Å²) in [6.07, 6.45) is 2.40. The fourth-order valence-electron chi connectivity index (χ4n) is 4.38. The highest BCUT2D eigenvalue weighted by Gasteiger charge is 2.14. The fourth-order valence-corrected chi connectivity index (χ4v) is 4.38. The molecule has 0 spiro atoms. The van der Waals surface area contributed by atoms with Crippen LogP contribution in [0.25, 0.3) is 10.9 Å². The van der Waals surface area contributed by atoms with Gasteiger partial charge in [-0.05, 0) is 48.9 Å². The Morgan fingerprint density at radius 2 is 1.85 bits per heavy atom. The van der Waals surface area contributed by atoms with Gasteiger partial charge in [-0.1, -0.05) is 12.1 Å². The zero-order chi connectivity index (χ0) is 27.0. The van der Waals surface area contributed by atoms with Gasteiger partial charge in [0, 0.05) is 42.3 Å². The molecule has 1 aromatic heterocycles. The Morgan fingerprint density at radius 1 is 1.05 bits per heavy atom. The molecule has 4 N–H and O–H groups in total. The van der Waals surface area contributed by atoms with E-state index in [-0.39, 0.29) is 5.91 Å². The minimum atomic E-state index is -0.241. The van der Waals surface area contributed by atoms with Gasteiger partial charge in [-0.2, -0.15) is 0 Å². The summed E-state index contributed by atoms with van der Waals surface area (Å²) < 4.78 is 17.1. The molecule has 10 heteroatoms. The number of nitrogens with one attached hydrogen (secondary N) is 2. The normalized spacial score (nSPS) is 13.7. The molecule has 202 valence electrons. The lowest BCUT2D eigenvalue weighted by Crippen LogP contribution is -2.37. The van der Waals surface area contributed by atoms with Crippen LogP contribution in [0.15, 0.2) is 67.0 Å². The SMILES string of the molecule is COc1cc2ncnc(Nc3ccc(C(=O)Nc4ccccc4N)cc3)c2cc1OCCCN1CCOCC1. The number of hydrogen-bond acceptors (Lipinski definition) is 9. The smallest absolute Gasteiger partial charge is 0.255 e. The lowest BCUT2D eigenvalue weighted by Gasteiger charge is -2.26. The number of carbonyl (C=O) groups excluding carboxylic acids is 1. The minimum Gasteiger partial charge on any atom is -0.493 e. The molecule has 5 rings (SSSR count). The van der Waals surface area contributed by atoms with Crippen LogP contribution in [0, 0.1) is 0 Å². The maximum absolute atomic E-state index is 12.7. The first kappa shape index (κ1) is 26.2. The first-order valence-electron chi connectivity index (χ1n) is 12.9. The number of ether oxygens (including phenoxy) is 3. The molecule has 10 nitrogen and oxygen atoms in total. The number of fused-ring (bicyclic) bond motifs is 1. The molecular weight excluding hydrogens is 496 g/mol. The van der Waals surface area contributed by atoms with E-state index in [1.807, 2.05) is 36.4 Å². The highest BCUT2D eigenvalue weighted by Crippen LogP contribution is 2.35. The number of carbonyl (C=O) groups is 1. The number of benzene rings is 3. The Bertz CT molecular complexity index is 1420. The standard InChI is InChI=1S/C29H32N6O4/c1-37-26-18-25-22(17-27(26)39-14-4-11-35-12-15-38-16-13-35)28(32-19-31-25)33-21-9-7-20(8-10-21)29(36)34-24-6-3-2-5-23(24)30/h2-3,5-10,17-19H,4,11-16,30H2,1H3,(H,34,36)(H,31,32,33). The lowest BCUT2D eigenvalue weighted by atomic mass is 10.1. The number of nitrogen functional groups attached to an aromatic ring is 1. The molecule has 0 bridgehead atoms. The van der Waals surface area contributed by atoms with Crippen molar-refractivity contribution < 1.29 is 19.0 Å². The third-order valence-electron chi connectivity index (χ3n) is 6.52. The van der Waals surface area contributed by atoms with Crippen LogP contribution in [-0.2, 0) is 4.74 Å². The number of methoxy groups -OCH3 is 1. The van der Waals surface area contributed by atoms with E-state index >= 15 is 0 Å². The van der Waals surface area contributed by atoms with Crippen LogP contribution in [0.2, 0.25) is 0 Å². The molecular formula is C29H32N6O4. The number of rotatable bonds is 10. The third-order valence-corrected chi connectivity index (χ3v) is 6.52. The lowest BCUT2D eigenvalue weighted by molar-refractivity contribution is 0.0357. The van der Waals surface area contributed by atoms with E-state index in [0.717, 1.165) is 55.9 Å². The number of aromatic nitrogens is 2. The van der Waals surface area contributed by atoms with Crippen molar-refractivity contribution in [2.45, 2.75) is 6.42 Å². The van der Waals surface area contributed by atoms with Crippen LogP contribution in [0.1, 0.15) is 16.8 Å². The van der Waals surface area contributed by atoms with E-state index < -0.39 is 0 Å². The second-order valence-corrected chi connectivity index (χ2v) is 9.14. The summed E-state index contributed by atoms with van der Waals surface area (Å²) in [4.78, 5) is 23.9. The number of anilines is 4. The predicted molar refractivity (Wildman–Crippen MR) is 152 cm³/mol. The molecule has 39 heavy (non-hydrogen) atoms. The number of morpholine rings is 1.